The molecule has 0 bridgehead atoms. The minimum Gasteiger partial charge on any atom is -0.488 e. The molecule has 19 heavy (non-hydrogen) atoms. The molecule has 1 aliphatic rings. The van der Waals surface area contributed by atoms with E-state index in [1.807, 2.05) is 0 Å². The van der Waals surface area contributed by atoms with Crippen molar-refractivity contribution in [2.45, 2.75) is 23.8 Å². The SMILES string of the molecule is CS(=O)(=O)Nc1ccc(S(N)(=O)=O)cc1OC1CC1. The van der Waals surface area contributed by atoms with Gasteiger partial charge in [0.2, 0.25) is 20.0 Å². The van der Waals surface area contributed by atoms with Crippen LogP contribution in [-0.2, 0) is 20.0 Å². The summed E-state index contributed by atoms with van der Waals surface area (Å²) in [6.45, 7) is 0. The molecule has 1 saturated carbocycles. The van der Waals surface area contributed by atoms with Gasteiger partial charge in [0.15, 0.2) is 0 Å². The zero-order chi connectivity index (χ0) is 14.3. The summed E-state index contributed by atoms with van der Waals surface area (Å²) in [5.41, 5.74) is 0.196. The fourth-order valence-corrected chi connectivity index (χ4v) is 2.52. The summed E-state index contributed by atoms with van der Waals surface area (Å²) in [6.07, 6.45) is 2.72. The summed E-state index contributed by atoms with van der Waals surface area (Å²) in [6, 6.07) is 3.77. The molecule has 0 spiro atoms. The first-order valence-corrected chi connectivity index (χ1v) is 8.90. The summed E-state index contributed by atoms with van der Waals surface area (Å²) in [5, 5.41) is 5.03. The number of hydrogen-bond donors (Lipinski definition) is 2. The Morgan fingerprint density at radius 3 is 2.37 bits per heavy atom. The van der Waals surface area contributed by atoms with Crippen LogP contribution in [0, 0.1) is 0 Å². The van der Waals surface area contributed by atoms with Crippen LogP contribution in [0.2, 0.25) is 0 Å². The first kappa shape index (κ1) is 14.1. The highest BCUT2D eigenvalue weighted by Crippen LogP contribution is 2.34. The maximum atomic E-state index is 11.3. The third-order valence-electron chi connectivity index (χ3n) is 2.39. The maximum Gasteiger partial charge on any atom is 0.238 e. The van der Waals surface area contributed by atoms with E-state index in [9.17, 15) is 16.8 Å². The molecular formula is C10H14N2O5S2. The van der Waals surface area contributed by atoms with Crippen LogP contribution >= 0.6 is 0 Å². The lowest BCUT2D eigenvalue weighted by molar-refractivity contribution is 0.304. The normalized spacial score (nSPS) is 16.1. The van der Waals surface area contributed by atoms with Gasteiger partial charge in [-0.15, -0.1) is 0 Å². The number of rotatable bonds is 5. The molecule has 1 fully saturated rings. The van der Waals surface area contributed by atoms with E-state index in [2.05, 4.69) is 4.72 Å². The molecule has 0 atom stereocenters. The zero-order valence-electron chi connectivity index (χ0n) is 10.2. The van der Waals surface area contributed by atoms with Gasteiger partial charge >= 0.3 is 0 Å². The van der Waals surface area contributed by atoms with E-state index in [0.29, 0.717) is 0 Å². The molecule has 2 rings (SSSR count). The van der Waals surface area contributed by atoms with Gasteiger partial charge in [-0.25, -0.2) is 22.0 Å². The van der Waals surface area contributed by atoms with Crippen LogP contribution in [0.4, 0.5) is 5.69 Å². The second-order valence-electron chi connectivity index (χ2n) is 4.39. The predicted molar refractivity (Wildman–Crippen MR) is 69.9 cm³/mol. The number of benzene rings is 1. The van der Waals surface area contributed by atoms with Crippen LogP contribution in [-0.4, -0.2) is 29.2 Å². The molecule has 0 radical (unpaired) electrons. The second-order valence-corrected chi connectivity index (χ2v) is 7.70. The number of sulfonamides is 2. The molecule has 0 saturated heterocycles. The summed E-state index contributed by atoms with van der Waals surface area (Å²) in [4.78, 5) is -0.123. The molecule has 0 unspecified atom stereocenters. The molecule has 3 N–H and O–H groups in total. The van der Waals surface area contributed by atoms with Crippen LogP contribution in [0.15, 0.2) is 23.1 Å². The first-order valence-electron chi connectivity index (χ1n) is 5.46. The Morgan fingerprint density at radius 1 is 1.26 bits per heavy atom. The van der Waals surface area contributed by atoms with Crippen molar-refractivity contribution >= 4 is 25.7 Å². The highest BCUT2D eigenvalue weighted by Gasteiger charge is 2.26. The molecular weight excluding hydrogens is 292 g/mol. The van der Waals surface area contributed by atoms with Crippen LogP contribution in [0.3, 0.4) is 0 Å². The predicted octanol–water partition coefficient (Wildman–Crippen LogP) is 0.247. The number of nitrogens with one attached hydrogen (secondary N) is 1. The van der Waals surface area contributed by atoms with Crippen molar-refractivity contribution in [1.82, 2.24) is 0 Å². The van der Waals surface area contributed by atoms with Crippen molar-refractivity contribution < 1.29 is 21.6 Å². The van der Waals surface area contributed by atoms with E-state index in [4.69, 9.17) is 9.88 Å². The van der Waals surface area contributed by atoms with Gasteiger partial charge in [0.1, 0.15) is 5.75 Å². The van der Waals surface area contributed by atoms with Crippen LogP contribution in [0.25, 0.3) is 0 Å². The van der Waals surface area contributed by atoms with Crippen LogP contribution in [0.1, 0.15) is 12.8 Å². The lowest BCUT2D eigenvalue weighted by Crippen LogP contribution is -2.14. The monoisotopic (exact) mass is 306 g/mol. The third kappa shape index (κ3) is 4.08. The van der Waals surface area contributed by atoms with Gasteiger partial charge in [0, 0.05) is 6.07 Å². The third-order valence-corrected chi connectivity index (χ3v) is 3.90. The Bertz CT molecular complexity index is 693. The smallest absolute Gasteiger partial charge is 0.238 e. The van der Waals surface area contributed by atoms with E-state index >= 15 is 0 Å². The van der Waals surface area contributed by atoms with E-state index in [1.165, 1.54) is 18.2 Å². The minimum absolute atomic E-state index is 0.00385. The largest absolute Gasteiger partial charge is 0.488 e. The van der Waals surface area contributed by atoms with Gasteiger partial charge in [-0.2, -0.15) is 0 Å². The van der Waals surface area contributed by atoms with E-state index in [0.717, 1.165) is 19.1 Å². The minimum atomic E-state index is -3.86. The Balaban J connectivity index is 2.41. The molecule has 1 aromatic rings. The standard InChI is InChI=1S/C10H14N2O5S2/c1-18(13,14)12-9-5-4-8(19(11,15)16)6-10(9)17-7-2-3-7/h4-7,12H,2-3H2,1H3,(H2,11,15,16). The van der Waals surface area contributed by atoms with Crippen molar-refractivity contribution in [1.29, 1.82) is 0 Å². The van der Waals surface area contributed by atoms with Crippen LogP contribution < -0.4 is 14.6 Å². The molecule has 106 valence electrons. The van der Waals surface area contributed by atoms with Gasteiger partial charge in [0.05, 0.1) is 22.9 Å². The van der Waals surface area contributed by atoms with Crippen molar-refractivity contribution in [3.8, 4) is 5.75 Å². The average molecular weight is 306 g/mol. The number of nitrogens with two attached hydrogens (primary N) is 1. The van der Waals surface area contributed by atoms with Gasteiger partial charge in [-0.1, -0.05) is 0 Å². The van der Waals surface area contributed by atoms with Gasteiger partial charge in [-0.3, -0.25) is 4.72 Å². The number of ether oxygens (including phenoxy) is 1. The summed E-state index contributed by atoms with van der Waals surface area (Å²) in [7, 11) is -7.33. The highest BCUT2D eigenvalue weighted by atomic mass is 32.2. The Labute approximate surface area is 111 Å². The van der Waals surface area contributed by atoms with Gasteiger partial charge in [0.25, 0.3) is 0 Å². The first-order chi connectivity index (χ1) is 8.65. The second kappa shape index (κ2) is 4.66. The Hall–Kier alpha value is -1.32. The summed E-state index contributed by atoms with van der Waals surface area (Å²) < 4.78 is 52.8. The molecule has 0 amide bonds. The number of primary sulfonamides is 1. The fraction of sp³-hybridized carbons (Fsp3) is 0.400. The topological polar surface area (TPSA) is 116 Å². The molecule has 0 aliphatic heterocycles. The molecule has 0 aromatic heterocycles. The highest BCUT2D eigenvalue weighted by molar-refractivity contribution is 7.92. The van der Waals surface area contributed by atoms with Crippen molar-refractivity contribution in [3.63, 3.8) is 0 Å². The van der Waals surface area contributed by atoms with Gasteiger partial charge in [-0.05, 0) is 25.0 Å². The lowest BCUT2D eigenvalue weighted by Gasteiger charge is -2.13. The van der Waals surface area contributed by atoms with E-state index in [-0.39, 0.29) is 22.4 Å². The number of hydrogen-bond acceptors (Lipinski definition) is 5. The van der Waals surface area contributed by atoms with E-state index in [1.54, 1.807) is 0 Å². The summed E-state index contributed by atoms with van der Waals surface area (Å²) in [5.74, 6) is 0.166. The summed E-state index contributed by atoms with van der Waals surface area (Å²) >= 11 is 0. The number of anilines is 1. The lowest BCUT2D eigenvalue weighted by atomic mass is 10.3. The zero-order valence-corrected chi connectivity index (χ0v) is 11.8. The molecule has 1 aliphatic carbocycles. The Kier molecular flexibility index (Phi) is 3.45. The van der Waals surface area contributed by atoms with Crippen LogP contribution in [0.5, 0.6) is 5.75 Å². The Morgan fingerprint density at radius 2 is 1.89 bits per heavy atom. The molecule has 7 nitrogen and oxygen atoms in total. The molecule has 0 heterocycles. The molecule has 9 heteroatoms. The van der Waals surface area contributed by atoms with Crippen molar-refractivity contribution in [3.05, 3.63) is 18.2 Å². The average Bonchev–Trinajstić information content (AvgIpc) is 3.00. The maximum absolute atomic E-state index is 11.3. The van der Waals surface area contributed by atoms with E-state index < -0.39 is 20.0 Å². The van der Waals surface area contributed by atoms with Gasteiger partial charge < -0.3 is 4.74 Å². The quantitative estimate of drug-likeness (QED) is 0.809. The van der Waals surface area contributed by atoms with Crippen molar-refractivity contribution in [2.75, 3.05) is 11.0 Å². The van der Waals surface area contributed by atoms with Crippen molar-refractivity contribution in [2.24, 2.45) is 5.14 Å². The molecule has 1 aromatic carbocycles. The fourth-order valence-electron chi connectivity index (χ4n) is 1.43.